The molecule has 0 unspecified atom stereocenters. The Hall–Kier alpha value is -2.71. The highest BCUT2D eigenvalue weighted by molar-refractivity contribution is 5.82. The minimum atomic E-state index is -2.08. The molecule has 0 radical (unpaired) electrons. The van der Waals surface area contributed by atoms with Gasteiger partial charge in [-0.1, -0.05) is 49.4 Å². The smallest absolute Gasteiger partial charge is 0.314 e. The molecule has 4 rings (SSSR count). The van der Waals surface area contributed by atoms with E-state index in [0.717, 1.165) is 0 Å². The Balaban J connectivity index is 1.66. The van der Waals surface area contributed by atoms with Crippen LogP contribution in [-0.4, -0.2) is 35.1 Å². The van der Waals surface area contributed by atoms with Crippen molar-refractivity contribution in [2.24, 2.45) is 5.92 Å². The Morgan fingerprint density at radius 2 is 1.77 bits per heavy atom. The van der Waals surface area contributed by atoms with Crippen LogP contribution in [0, 0.1) is 23.1 Å². The molecule has 0 amide bonds. The van der Waals surface area contributed by atoms with Gasteiger partial charge >= 0.3 is 5.97 Å². The average Bonchev–Trinajstić information content (AvgIpc) is 2.78. The van der Waals surface area contributed by atoms with Gasteiger partial charge in [0.25, 0.3) is 0 Å². The quantitative estimate of drug-likeness (QED) is 0.759. The molecular formula is C26H29FN2O2. The monoisotopic (exact) mass is 424 g/mol. The summed E-state index contributed by atoms with van der Waals surface area (Å²) >= 11 is 0. The summed E-state index contributed by atoms with van der Waals surface area (Å²) in [6.45, 7) is 2.24. The third-order valence-electron chi connectivity index (χ3n) is 6.98. The number of carboxylic acids is 1. The van der Waals surface area contributed by atoms with Crippen LogP contribution in [0.25, 0.3) is 0 Å². The van der Waals surface area contributed by atoms with Crippen molar-refractivity contribution >= 4 is 5.97 Å². The van der Waals surface area contributed by atoms with Crippen molar-refractivity contribution in [3.05, 3.63) is 71.5 Å². The first-order chi connectivity index (χ1) is 16.4. The topological polar surface area (TPSA) is 64.3 Å². The van der Waals surface area contributed by atoms with Crippen molar-refractivity contribution in [1.82, 2.24) is 4.90 Å². The molecule has 1 saturated carbocycles. The zero-order valence-electron chi connectivity index (χ0n) is 21.5. The summed E-state index contributed by atoms with van der Waals surface area (Å²) in [7, 11) is 0. The molecule has 31 heavy (non-hydrogen) atoms. The van der Waals surface area contributed by atoms with Gasteiger partial charge in [0.1, 0.15) is 5.82 Å². The predicted molar refractivity (Wildman–Crippen MR) is 117 cm³/mol. The van der Waals surface area contributed by atoms with Gasteiger partial charge in [0.15, 0.2) is 0 Å². The molecule has 4 nitrogen and oxygen atoms in total. The molecule has 1 heterocycles. The number of piperidine rings is 1. The Morgan fingerprint density at radius 1 is 1.13 bits per heavy atom. The molecule has 1 aliphatic heterocycles. The Morgan fingerprint density at radius 3 is 2.32 bits per heavy atom. The maximum Gasteiger partial charge on any atom is 0.314 e. The second kappa shape index (κ2) is 8.43. The zero-order valence-corrected chi connectivity index (χ0v) is 17.5. The zero-order chi connectivity index (χ0) is 25.6. The molecule has 2 aromatic rings. The van der Waals surface area contributed by atoms with E-state index in [4.69, 9.17) is 5.48 Å². The summed E-state index contributed by atoms with van der Waals surface area (Å²) in [4.78, 5) is 14.2. The van der Waals surface area contributed by atoms with Gasteiger partial charge in [-0.25, -0.2) is 4.39 Å². The summed E-state index contributed by atoms with van der Waals surface area (Å²) in [5.41, 5.74) is -1.49. The lowest BCUT2D eigenvalue weighted by Crippen LogP contribution is -2.56. The first kappa shape index (κ1) is 16.9. The van der Waals surface area contributed by atoms with Gasteiger partial charge in [0.05, 0.1) is 16.9 Å². The van der Waals surface area contributed by atoms with Gasteiger partial charge in [0.2, 0.25) is 0 Å². The molecule has 2 aromatic carbocycles. The van der Waals surface area contributed by atoms with E-state index < -0.39 is 47.3 Å². The predicted octanol–water partition coefficient (Wildman–Crippen LogP) is 4.89. The number of nitriles is 1. The number of carboxylic acid groups (broad SMARTS) is 1. The van der Waals surface area contributed by atoms with Crippen molar-refractivity contribution < 1.29 is 19.8 Å². The van der Waals surface area contributed by atoms with Crippen LogP contribution in [0.1, 0.15) is 55.5 Å². The van der Waals surface area contributed by atoms with Gasteiger partial charge in [-0.3, -0.25) is 4.79 Å². The fourth-order valence-electron chi connectivity index (χ4n) is 5.06. The number of likely N-dealkylation sites (tertiary alicyclic amines) is 1. The SMILES string of the molecule is [2H]C1([2H])CC(C#N)(c2ccc(F)cc2)CC([2H])([2H])C1N1CC[C@](C(=O)O)(c2ccccc2)[C@H](C)C1. The van der Waals surface area contributed by atoms with E-state index in [0.29, 0.717) is 11.1 Å². The third-order valence-corrected chi connectivity index (χ3v) is 6.98. The van der Waals surface area contributed by atoms with Crippen molar-refractivity contribution in [1.29, 1.82) is 5.26 Å². The number of nitrogens with zero attached hydrogens (tertiary/aromatic N) is 2. The highest BCUT2D eigenvalue weighted by Crippen LogP contribution is 2.44. The first-order valence-corrected chi connectivity index (χ1v) is 10.6. The van der Waals surface area contributed by atoms with E-state index in [9.17, 15) is 19.6 Å². The summed E-state index contributed by atoms with van der Waals surface area (Å²) < 4.78 is 49.0. The molecule has 0 bridgehead atoms. The van der Waals surface area contributed by atoms with E-state index in [1.165, 1.54) is 24.3 Å². The molecule has 1 aliphatic carbocycles. The molecule has 1 N–H and O–H groups in total. The standard InChI is InChI=1S/C26H29FN2O2/c1-19-17-29(16-15-26(19,24(30)31)21-5-3-2-4-6-21)23-11-13-25(18-28,14-12-23)20-7-9-22(27)10-8-20/h2-10,19,23H,11-17H2,1H3,(H,30,31)/t19-,23?,25?,26-/m1/s1/i11D2,12D2. The minimum Gasteiger partial charge on any atom is -0.481 e. The number of halogens is 1. The van der Waals surface area contributed by atoms with Gasteiger partial charge in [-0.05, 0) is 67.7 Å². The maximum absolute atomic E-state index is 13.5. The molecular weight excluding hydrogens is 391 g/mol. The molecule has 5 heteroatoms. The van der Waals surface area contributed by atoms with E-state index in [1.54, 1.807) is 29.2 Å². The van der Waals surface area contributed by atoms with Gasteiger partial charge in [-0.15, -0.1) is 0 Å². The number of hydrogen-bond donors (Lipinski definition) is 1. The number of rotatable bonds is 4. The van der Waals surface area contributed by atoms with Crippen molar-refractivity contribution in [3.8, 4) is 6.07 Å². The Labute approximate surface area is 188 Å². The second-order valence-corrected chi connectivity index (χ2v) is 8.65. The third kappa shape index (κ3) is 3.74. The van der Waals surface area contributed by atoms with Crippen LogP contribution in [0.4, 0.5) is 4.39 Å². The van der Waals surface area contributed by atoms with Crippen LogP contribution in [0.5, 0.6) is 0 Å². The number of aliphatic carboxylic acids is 1. The molecule has 162 valence electrons. The van der Waals surface area contributed by atoms with Gasteiger partial charge in [0, 0.05) is 18.1 Å². The molecule has 2 atom stereocenters. The van der Waals surface area contributed by atoms with E-state index in [-0.39, 0.29) is 32.4 Å². The van der Waals surface area contributed by atoms with Crippen molar-refractivity contribution in [2.45, 2.75) is 55.8 Å². The summed E-state index contributed by atoms with van der Waals surface area (Å²) in [5.74, 6) is -1.82. The Kier molecular flexibility index (Phi) is 4.60. The highest BCUT2D eigenvalue weighted by Gasteiger charge is 2.50. The Bertz CT molecular complexity index is 1120. The second-order valence-electron chi connectivity index (χ2n) is 8.65. The minimum absolute atomic E-state index is 0.209. The van der Waals surface area contributed by atoms with Gasteiger partial charge < -0.3 is 10.0 Å². The van der Waals surface area contributed by atoms with E-state index in [2.05, 4.69) is 6.07 Å². The normalized spacial score (nSPS) is 36.8. The lowest BCUT2D eigenvalue weighted by Gasteiger charge is -2.48. The molecule has 1 saturated heterocycles. The summed E-state index contributed by atoms with van der Waals surface area (Å²) in [5, 5.41) is 20.3. The molecule has 0 spiro atoms. The van der Waals surface area contributed by atoms with Crippen molar-refractivity contribution in [3.63, 3.8) is 0 Å². The number of hydrogen-bond acceptors (Lipinski definition) is 3. The van der Waals surface area contributed by atoms with Crippen LogP contribution >= 0.6 is 0 Å². The lowest BCUT2D eigenvalue weighted by molar-refractivity contribution is -0.149. The van der Waals surface area contributed by atoms with Crippen LogP contribution in [0.15, 0.2) is 54.6 Å². The molecule has 0 aromatic heterocycles. The lowest BCUT2D eigenvalue weighted by atomic mass is 9.65. The van der Waals surface area contributed by atoms with Crippen LogP contribution in [0.2, 0.25) is 0 Å². The largest absolute Gasteiger partial charge is 0.481 e. The summed E-state index contributed by atoms with van der Waals surface area (Å²) in [6, 6.07) is 15.3. The maximum atomic E-state index is 13.5. The van der Waals surface area contributed by atoms with Gasteiger partial charge in [-0.2, -0.15) is 5.26 Å². The molecule has 2 fully saturated rings. The van der Waals surface area contributed by atoms with E-state index in [1.807, 2.05) is 13.0 Å². The number of benzene rings is 2. The fraction of sp³-hybridized carbons (Fsp3) is 0.462. The first-order valence-electron chi connectivity index (χ1n) is 12.6. The van der Waals surface area contributed by atoms with Crippen molar-refractivity contribution in [2.75, 3.05) is 13.1 Å². The molecule has 2 aliphatic rings. The van der Waals surface area contributed by atoms with E-state index >= 15 is 0 Å². The van der Waals surface area contributed by atoms with Crippen LogP contribution in [-0.2, 0) is 15.6 Å². The average molecular weight is 425 g/mol. The summed E-state index contributed by atoms with van der Waals surface area (Å²) in [6.07, 6.45) is -4.42. The van der Waals surface area contributed by atoms with Crippen LogP contribution in [0.3, 0.4) is 0 Å². The fourth-order valence-corrected chi connectivity index (χ4v) is 5.06. The number of carbonyl (C=O) groups is 1. The highest BCUT2D eigenvalue weighted by atomic mass is 19.1. The van der Waals surface area contributed by atoms with Crippen LogP contribution < -0.4 is 0 Å².